The molecule has 0 bridgehead atoms. The van der Waals surface area contributed by atoms with Crippen LogP contribution in [0.1, 0.15) is 59.7 Å². The molecule has 1 spiro atoms. The van der Waals surface area contributed by atoms with Crippen molar-refractivity contribution in [1.82, 2.24) is 0 Å². The van der Waals surface area contributed by atoms with Crippen molar-refractivity contribution < 1.29 is 0 Å². The smallest absolute Gasteiger partial charge is 0.0746 e. The summed E-state index contributed by atoms with van der Waals surface area (Å²) < 4.78 is 0. The molecule has 10 aromatic rings. The standard InChI is InChI=1S/C69H51N/c1-5-7-18-45(6-2)51-35-40-56-57-41-39-53(44-64(57)68(3,4)63(56)43-51)70(52-37-33-49(34-38-52)48-31-29-47(30-32-48)46-19-9-8-10-20-46)65-28-17-25-58-55-23-13-15-26-60(55)69(67(58)65)61-27-16-14-24-59(61)66-54-22-12-11-21-50(54)36-42-62(66)69/h5-44H,2H2,1,3-4H3/b7-5-,45-18+. The van der Waals surface area contributed by atoms with Gasteiger partial charge in [0.05, 0.1) is 11.1 Å². The van der Waals surface area contributed by atoms with Gasteiger partial charge in [-0.2, -0.15) is 0 Å². The molecule has 0 saturated heterocycles. The van der Waals surface area contributed by atoms with Crippen LogP contribution in [0.4, 0.5) is 17.1 Å². The molecule has 0 N–H and O–H groups in total. The van der Waals surface area contributed by atoms with Gasteiger partial charge in [0.2, 0.25) is 0 Å². The topological polar surface area (TPSA) is 3.24 Å². The van der Waals surface area contributed by atoms with Crippen molar-refractivity contribution in [2.75, 3.05) is 4.90 Å². The Bertz CT molecular complexity index is 3810. The first-order valence-electron chi connectivity index (χ1n) is 24.6. The molecule has 0 aromatic heterocycles. The van der Waals surface area contributed by atoms with E-state index in [0.29, 0.717) is 0 Å². The van der Waals surface area contributed by atoms with Crippen LogP contribution < -0.4 is 4.90 Å². The van der Waals surface area contributed by atoms with Crippen molar-refractivity contribution in [2.45, 2.75) is 31.6 Å². The Morgan fingerprint density at radius 2 is 1.03 bits per heavy atom. The maximum absolute atomic E-state index is 4.18. The normalized spacial score (nSPS) is 15.6. The highest BCUT2D eigenvalue weighted by molar-refractivity contribution is 6.07. The van der Waals surface area contributed by atoms with Gasteiger partial charge in [-0.15, -0.1) is 0 Å². The van der Waals surface area contributed by atoms with Gasteiger partial charge in [-0.25, -0.2) is 0 Å². The van der Waals surface area contributed by atoms with E-state index < -0.39 is 5.41 Å². The lowest BCUT2D eigenvalue weighted by molar-refractivity contribution is 0.660. The monoisotopic (exact) mass is 893 g/mol. The molecule has 0 heterocycles. The molecule has 10 aromatic carbocycles. The molecular weight excluding hydrogens is 843 g/mol. The second-order valence-electron chi connectivity index (χ2n) is 19.5. The summed E-state index contributed by atoms with van der Waals surface area (Å²) in [4.78, 5) is 2.55. The Morgan fingerprint density at radius 3 is 1.76 bits per heavy atom. The molecule has 1 nitrogen and oxygen atoms in total. The van der Waals surface area contributed by atoms with Crippen LogP contribution in [0, 0.1) is 0 Å². The van der Waals surface area contributed by atoms with Crippen LogP contribution in [0.2, 0.25) is 0 Å². The minimum absolute atomic E-state index is 0.258. The van der Waals surface area contributed by atoms with Crippen LogP contribution in [0.25, 0.3) is 72.0 Å². The van der Waals surface area contributed by atoms with Crippen molar-refractivity contribution in [2.24, 2.45) is 0 Å². The molecule has 1 heteroatoms. The molecule has 3 aliphatic rings. The fraction of sp³-hybridized carbons (Fsp3) is 0.0725. The number of hydrogen-bond acceptors (Lipinski definition) is 1. The molecule has 0 amide bonds. The van der Waals surface area contributed by atoms with E-state index in [1.165, 1.54) is 111 Å². The quantitative estimate of drug-likeness (QED) is 0.137. The minimum Gasteiger partial charge on any atom is -0.310 e. The molecule has 1 unspecified atom stereocenters. The Kier molecular flexibility index (Phi) is 9.55. The van der Waals surface area contributed by atoms with Crippen LogP contribution in [0.5, 0.6) is 0 Å². The molecule has 0 radical (unpaired) electrons. The van der Waals surface area contributed by atoms with Gasteiger partial charge < -0.3 is 4.90 Å². The summed E-state index contributed by atoms with van der Waals surface area (Å²) in [6.45, 7) is 11.0. The lowest BCUT2D eigenvalue weighted by atomic mass is 9.69. The van der Waals surface area contributed by atoms with E-state index in [1.807, 2.05) is 6.08 Å². The average molecular weight is 894 g/mol. The van der Waals surface area contributed by atoms with E-state index in [-0.39, 0.29) is 5.41 Å². The van der Waals surface area contributed by atoms with Gasteiger partial charge in [-0.05, 0) is 149 Å². The molecule has 332 valence electrons. The Balaban J connectivity index is 1.03. The summed E-state index contributed by atoms with van der Waals surface area (Å²) >= 11 is 0. The van der Waals surface area contributed by atoms with Gasteiger partial charge >= 0.3 is 0 Å². The molecule has 0 fully saturated rings. The second kappa shape index (κ2) is 16.0. The third-order valence-electron chi connectivity index (χ3n) is 15.6. The third-order valence-corrected chi connectivity index (χ3v) is 15.6. The zero-order valence-corrected chi connectivity index (χ0v) is 39.7. The van der Waals surface area contributed by atoms with E-state index in [1.54, 1.807) is 0 Å². The van der Waals surface area contributed by atoms with Gasteiger partial charge in [0.25, 0.3) is 0 Å². The highest BCUT2D eigenvalue weighted by Gasteiger charge is 2.54. The first kappa shape index (κ1) is 41.7. The maximum atomic E-state index is 4.18. The molecule has 70 heavy (non-hydrogen) atoms. The SMILES string of the molecule is C=C/C(=C\C=C/C)c1ccc2c(c1)C(C)(C)c1cc(N(c3ccc(-c4ccc(-c5ccccc5)cc4)cc3)c3cccc4c3C3(c5ccccc5-4)c4ccccc4-c4c3ccc3ccccc43)ccc1-2. The van der Waals surface area contributed by atoms with E-state index in [0.717, 1.165) is 16.9 Å². The minimum atomic E-state index is -0.566. The summed E-state index contributed by atoms with van der Waals surface area (Å²) in [5, 5.41) is 2.55. The molecular formula is C69H51N. The molecule has 0 aliphatic heterocycles. The molecule has 3 aliphatic carbocycles. The van der Waals surface area contributed by atoms with Crippen LogP contribution >= 0.6 is 0 Å². The van der Waals surface area contributed by atoms with Gasteiger partial charge in [0, 0.05) is 22.4 Å². The first-order valence-corrected chi connectivity index (χ1v) is 24.6. The van der Waals surface area contributed by atoms with Crippen LogP contribution in [-0.2, 0) is 10.8 Å². The van der Waals surface area contributed by atoms with Crippen molar-refractivity contribution in [3.63, 3.8) is 0 Å². The lowest BCUT2D eigenvalue weighted by Crippen LogP contribution is -2.28. The number of benzene rings is 10. The van der Waals surface area contributed by atoms with E-state index in [4.69, 9.17) is 0 Å². The molecule has 13 rings (SSSR count). The Hall–Kier alpha value is -8.52. The van der Waals surface area contributed by atoms with Crippen LogP contribution in [0.15, 0.2) is 249 Å². The van der Waals surface area contributed by atoms with Gasteiger partial charge in [-0.1, -0.05) is 227 Å². The largest absolute Gasteiger partial charge is 0.310 e. The summed E-state index contributed by atoms with van der Waals surface area (Å²) in [6.07, 6.45) is 8.27. The second-order valence-corrected chi connectivity index (χ2v) is 19.5. The summed E-state index contributed by atoms with van der Waals surface area (Å²) in [6, 6.07) is 82.0. The van der Waals surface area contributed by atoms with E-state index >= 15 is 0 Å². The maximum Gasteiger partial charge on any atom is 0.0746 e. The first-order chi connectivity index (χ1) is 34.4. The van der Waals surface area contributed by atoms with E-state index in [2.05, 4.69) is 269 Å². The number of anilines is 3. The highest BCUT2D eigenvalue weighted by Crippen LogP contribution is 2.66. The van der Waals surface area contributed by atoms with Gasteiger partial charge in [0.15, 0.2) is 0 Å². The summed E-state index contributed by atoms with van der Waals surface area (Å²) in [5.41, 5.74) is 25.4. The zero-order valence-electron chi connectivity index (χ0n) is 39.7. The number of nitrogens with zero attached hydrogens (tertiary/aromatic N) is 1. The average Bonchev–Trinajstić information content (AvgIpc) is 3.98. The van der Waals surface area contributed by atoms with Gasteiger partial charge in [0.1, 0.15) is 0 Å². The van der Waals surface area contributed by atoms with Gasteiger partial charge in [-0.3, -0.25) is 0 Å². The zero-order chi connectivity index (χ0) is 47.1. The third kappa shape index (κ3) is 6.04. The fourth-order valence-electron chi connectivity index (χ4n) is 12.4. The number of rotatable bonds is 8. The number of fused-ring (bicyclic) bond motifs is 15. The molecule has 1 atom stereocenters. The Labute approximate surface area is 411 Å². The molecule has 0 saturated carbocycles. The lowest BCUT2D eigenvalue weighted by Gasteiger charge is -2.36. The predicted molar refractivity (Wildman–Crippen MR) is 296 cm³/mol. The van der Waals surface area contributed by atoms with Crippen molar-refractivity contribution in [3.05, 3.63) is 288 Å². The van der Waals surface area contributed by atoms with Crippen molar-refractivity contribution in [3.8, 4) is 55.6 Å². The summed E-state index contributed by atoms with van der Waals surface area (Å²) in [5.74, 6) is 0. The highest BCUT2D eigenvalue weighted by atomic mass is 15.1. The van der Waals surface area contributed by atoms with E-state index in [9.17, 15) is 0 Å². The Morgan fingerprint density at radius 1 is 0.457 bits per heavy atom. The number of allylic oxidation sites excluding steroid dienone is 5. The van der Waals surface area contributed by atoms with Crippen LogP contribution in [0.3, 0.4) is 0 Å². The van der Waals surface area contributed by atoms with Crippen molar-refractivity contribution in [1.29, 1.82) is 0 Å². The number of hydrogen-bond donors (Lipinski definition) is 0. The fourth-order valence-corrected chi connectivity index (χ4v) is 12.4. The van der Waals surface area contributed by atoms with Crippen LogP contribution in [-0.4, -0.2) is 0 Å². The van der Waals surface area contributed by atoms with Crippen molar-refractivity contribution >= 4 is 33.4 Å². The predicted octanol–water partition coefficient (Wildman–Crippen LogP) is 18.4. The summed E-state index contributed by atoms with van der Waals surface area (Å²) in [7, 11) is 0.